The highest BCUT2D eigenvalue weighted by atomic mass is 16.5. The fourth-order valence-electron chi connectivity index (χ4n) is 3.43. The van der Waals surface area contributed by atoms with Crippen molar-refractivity contribution in [1.29, 1.82) is 0 Å². The molecule has 0 aliphatic carbocycles. The third-order valence-electron chi connectivity index (χ3n) is 4.77. The topological polar surface area (TPSA) is 15.7 Å². The lowest BCUT2D eigenvalue weighted by Crippen LogP contribution is -2.48. The Morgan fingerprint density at radius 2 is 1.85 bits per heavy atom. The molecule has 0 saturated carbocycles. The standard InChI is InChI=1S/C17H26N2O/c1-18-9-10-19(13-15-7-11-20-12-8-15)14-17(18)16-5-3-2-4-6-16/h2-6,15,17H,7-14H2,1H3. The van der Waals surface area contributed by atoms with E-state index in [0.717, 1.165) is 25.7 Å². The average molecular weight is 274 g/mol. The Labute approximate surface area is 122 Å². The molecule has 2 aliphatic heterocycles. The van der Waals surface area contributed by atoms with Gasteiger partial charge in [-0.1, -0.05) is 30.3 Å². The molecule has 0 bridgehead atoms. The largest absolute Gasteiger partial charge is 0.381 e. The van der Waals surface area contributed by atoms with E-state index in [4.69, 9.17) is 4.74 Å². The lowest BCUT2D eigenvalue weighted by molar-refractivity contribution is 0.0333. The van der Waals surface area contributed by atoms with E-state index < -0.39 is 0 Å². The minimum absolute atomic E-state index is 0.546. The highest BCUT2D eigenvalue weighted by Crippen LogP contribution is 2.25. The van der Waals surface area contributed by atoms with Gasteiger partial charge in [0, 0.05) is 45.4 Å². The SMILES string of the molecule is CN1CCN(CC2CCOCC2)CC1c1ccccc1. The van der Waals surface area contributed by atoms with Crippen LogP contribution in [0.25, 0.3) is 0 Å². The molecule has 0 aromatic heterocycles. The van der Waals surface area contributed by atoms with E-state index in [1.807, 2.05) is 0 Å². The van der Waals surface area contributed by atoms with Crippen molar-refractivity contribution in [3.05, 3.63) is 35.9 Å². The fraction of sp³-hybridized carbons (Fsp3) is 0.647. The summed E-state index contributed by atoms with van der Waals surface area (Å²) < 4.78 is 5.47. The fourth-order valence-corrected chi connectivity index (χ4v) is 3.43. The molecule has 0 spiro atoms. The van der Waals surface area contributed by atoms with Crippen molar-refractivity contribution in [2.45, 2.75) is 18.9 Å². The van der Waals surface area contributed by atoms with Gasteiger partial charge in [0.1, 0.15) is 0 Å². The van der Waals surface area contributed by atoms with E-state index in [9.17, 15) is 0 Å². The van der Waals surface area contributed by atoms with Gasteiger partial charge in [0.25, 0.3) is 0 Å². The van der Waals surface area contributed by atoms with Gasteiger partial charge in [-0.05, 0) is 31.4 Å². The summed E-state index contributed by atoms with van der Waals surface area (Å²) in [6.07, 6.45) is 2.48. The molecule has 1 unspecified atom stereocenters. The van der Waals surface area contributed by atoms with E-state index in [1.54, 1.807) is 0 Å². The predicted octanol–water partition coefficient (Wildman–Crippen LogP) is 2.40. The summed E-state index contributed by atoms with van der Waals surface area (Å²) in [6, 6.07) is 11.5. The van der Waals surface area contributed by atoms with Crippen molar-refractivity contribution >= 4 is 0 Å². The molecule has 0 radical (unpaired) electrons. The van der Waals surface area contributed by atoms with Crippen LogP contribution < -0.4 is 0 Å². The Hall–Kier alpha value is -0.900. The summed E-state index contributed by atoms with van der Waals surface area (Å²) in [7, 11) is 2.25. The van der Waals surface area contributed by atoms with Crippen LogP contribution in [0.1, 0.15) is 24.4 Å². The quantitative estimate of drug-likeness (QED) is 0.842. The molecule has 1 atom stereocenters. The van der Waals surface area contributed by atoms with E-state index in [2.05, 4.69) is 47.2 Å². The first kappa shape index (κ1) is 14.1. The monoisotopic (exact) mass is 274 g/mol. The summed E-state index contributed by atoms with van der Waals surface area (Å²) in [5, 5.41) is 0. The van der Waals surface area contributed by atoms with Crippen molar-refractivity contribution in [2.75, 3.05) is 46.4 Å². The average Bonchev–Trinajstić information content (AvgIpc) is 2.51. The molecular formula is C17H26N2O. The molecule has 3 nitrogen and oxygen atoms in total. The lowest BCUT2D eigenvalue weighted by Gasteiger charge is -2.41. The van der Waals surface area contributed by atoms with E-state index in [0.29, 0.717) is 6.04 Å². The molecule has 0 amide bonds. The van der Waals surface area contributed by atoms with Gasteiger partial charge >= 0.3 is 0 Å². The number of hydrogen-bond acceptors (Lipinski definition) is 3. The second-order valence-corrected chi connectivity index (χ2v) is 6.22. The minimum Gasteiger partial charge on any atom is -0.381 e. The molecule has 110 valence electrons. The number of hydrogen-bond donors (Lipinski definition) is 0. The second-order valence-electron chi connectivity index (χ2n) is 6.22. The molecule has 1 aromatic rings. The van der Waals surface area contributed by atoms with Gasteiger partial charge in [0.2, 0.25) is 0 Å². The van der Waals surface area contributed by atoms with Gasteiger partial charge < -0.3 is 4.74 Å². The van der Waals surface area contributed by atoms with Crippen LogP contribution in [0.15, 0.2) is 30.3 Å². The van der Waals surface area contributed by atoms with Crippen LogP contribution >= 0.6 is 0 Å². The number of likely N-dealkylation sites (N-methyl/N-ethyl adjacent to an activating group) is 1. The smallest absolute Gasteiger partial charge is 0.0472 e. The van der Waals surface area contributed by atoms with Crippen LogP contribution in [0.5, 0.6) is 0 Å². The zero-order valence-electron chi connectivity index (χ0n) is 12.5. The van der Waals surface area contributed by atoms with E-state index >= 15 is 0 Å². The zero-order chi connectivity index (χ0) is 13.8. The van der Waals surface area contributed by atoms with Gasteiger partial charge in [0.15, 0.2) is 0 Å². The second kappa shape index (κ2) is 6.70. The van der Waals surface area contributed by atoms with Crippen LogP contribution in [-0.4, -0.2) is 56.2 Å². The van der Waals surface area contributed by atoms with Crippen molar-refractivity contribution in [3.63, 3.8) is 0 Å². The lowest BCUT2D eigenvalue weighted by atomic mass is 9.97. The Bertz CT molecular complexity index is 403. The van der Waals surface area contributed by atoms with E-state index in [-0.39, 0.29) is 0 Å². The molecule has 3 heteroatoms. The van der Waals surface area contributed by atoms with Crippen molar-refractivity contribution in [1.82, 2.24) is 9.80 Å². The molecule has 0 N–H and O–H groups in total. The summed E-state index contributed by atoms with van der Waals surface area (Å²) >= 11 is 0. The highest BCUT2D eigenvalue weighted by molar-refractivity contribution is 5.20. The van der Waals surface area contributed by atoms with Crippen molar-refractivity contribution < 1.29 is 4.74 Å². The third-order valence-corrected chi connectivity index (χ3v) is 4.77. The molecule has 3 rings (SSSR count). The normalized spacial score (nSPS) is 26.8. The first-order valence-electron chi connectivity index (χ1n) is 7.88. The Morgan fingerprint density at radius 1 is 1.10 bits per heavy atom. The van der Waals surface area contributed by atoms with Crippen LogP contribution in [0.2, 0.25) is 0 Å². The Kier molecular flexibility index (Phi) is 4.71. The first-order chi connectivity index (χ1) is 9.83. The molecule has 2 fully saturated rings. The first-order valence-corrected chi connectivity index (χ1v) is 7.88. The highest BCUT2D eigenvalue weighted by Gasteiger charge is 2.27. The summed E-state index contributed by atoms with van der Waals surface area (Å²) in [5.41, 5.74) is 1.45. The van der Waals surface area contributed by atoms with Crippen molar-refractivity contribution in [3.8, 4) is 0 Å². The van der Waals surface area contributed by atoms with Crippen LogP contribution in [0, 0.1) is 5.92 Å². The van der Waals surface area contributed by atoms with Crippen LogP contribution in [0.3, 0.4) is 0 Å². The molecule has 2 aliphatic rings. The summed E-state index contributed by atoms with van der Waals surface area (Å²) in [4.78, 5) is 5.16. The Balaban J connectivity index is 1.61. The summed E-state index contributed by atoms with van der Waals surface area (Å²) in [6.45, 7) is 6.71. The number of benzene rings is 1. The maximum atomic E-state index is 5.47. The number of rotatable bonds is 3. The van der Waals surface area contributed by atoms with Gasteiger partial charge in [-0.15, -0.1) is 0 Å². The van der Waals surface area contributed by atoms with Crippen molar-refractivity contribution in [2.24, 2.45) is 5.92 Å². The summed E-state index contributed by atoms with van der Waals surface area (Å²) in [5.74, 6) is 0.837. The van der Waals surface area contributed by atoms with Crippen LogP contribution in [0.4, 0.5) is 0 Å². The minimum atomic E-state index is 0.546. The molecule has 2 heterocycles. The molecule has 20 heavy (non-hydrogen) atoms. The maximum Gasteiger partial charge on any atom is 0.0472 e. The number of piperazine rings is 1. The molecular weight excluding hydrogens is 248 g/mol. The van der Waals surface area contributed by atoms with Gasteiger partial charge in [-0.25, -0.2) is 0 Å². The van der Waals surface area contributed by atoms with Gasteiger partial charge in [0.05, 0.1) is 0 Å². The molecule has 2 saturated heterocycles. The van der Waals surface area contributed by atoms with Gasteiger partial charge in [-0.3, -0.25) is 9.80 Å². The Morgan fingerprint density at radius 3 is 2.60 bits per heavy atom. The zero-order valence-corrected chi connectivity index (χ0v) is 12.5. The van der Waals surface area contributed by atoms with Gasteiger partial charge in [-0.2, -0.15) is 0 Å². The van der Waals surface area contributed by atoms with Crippen LogP contribution in [-0.2, 0) is 4.74 Å². The molecule has 1 aromatic carbocycles. The third kappa shape index (κ3) is 3.40. The van der Waals surface area contributed by atoms with E-state index in [1.165, 1.54) is 38.0 Å². The number of nitrogens with zero attached hydrogens (tertiary/aromatic N) is 2. The maximum absolute atomic E-state index is 5.47. The number of ether oxygens (including phenoxy) is 1. The predicted molar refractivity (Wildman–Crippen MR) is 81.8 cm³/mol.